The van der Waals surface area contributed by atoms with Gasteiger partial charge in [-0.3, -0.25) is 4.18 Å². The van der Waals surface area contributed by atoms with E-state index in [4.69, 9.17) is 8.61 Å². The molecule has 1 aromatic rings. The van der Waals surface area contributed by atoms with Crippen LogP contribution in [0, 0.1) is 5.92 Å². The van der Waals surface area contributed by atoms with E-state index in [1.165, 1.54) is 0 Å². The minimum absolute atomic E-state index is 0.0150. The highest BCUT2D eigenvalue weighted by molar-refractivity contribution is 7.85. The second-order valence-corrected chi connectivity index (χ2v) is 14.1. The van der Waals surface area contributed by atoms with Gasteiger partial charge in [0.05, 0.1) is 12.9 Å². The number of hydrogen-bond donors (Lipinski definition) is 0. The standard InChI is InChI=1S/C17H30O4SSi/c1-17(2,3)23(5,6)21-14-16(13-20-22(4,18)19)12-15-10-8-7-9-11-15/h7-11,16H,12-14H2,1-6H3/t16-/m0/s1. The largest absolute Gasteiger partial charge is 0.416 e. The predicted molar refractivity (Wildman–Crippen MR) is 97.6 cm³/mol. The van der Waals surface area contributed by atoms with Gasteiger partial charge >= 0.3 is 0 Å². The molecule has 6 heteroatoms. The fourth-order valence-electron chi connectivity index (χ4n) is 1.88. The fraction of sp³-hybridized carbons (Fsp3) is 0.647. The van der Waals surface area contributed by atoms with Crippen LogP contribution in [0.5, 0.6) is 0 Å². The Labute approximate surface area is 142 Å². The lowest BCUT2D eigenvalue weighted by molar-refractivity contribution is 0.170. The van der Waals surface area contributed by atoms with E-state index in [1.807, 2.05) is 30.3 Å². The average molecular weight is 359 g/mol. The van der Waals surface area contributed by atoms with Gasteiger partial charge in [0, 0.05) is 12.5 Å². The van der Waals surface area contributed by atoms with Gasteiger partial charge in [-0.05, 0) is 30.1 Å². The van der Waals surface area contributed by atoms with Gasteiger partial charge in [0.15, 0.2) is 8.32 Å². The summed E-state index contributed by atoms with van der Waals surface area (Å²) in [5, 5.41) is 0.127. The van der Waals surface area contributed by atoms with Crippen molar-refractivity contribution in [2.45, 2.75) is 45.3 Å². The Morgan fingerprint density at radius 1 is 1.09 bits per heavy atom. The zero-order valence-electron chi connectivity index (χ0n) is 15.1. The van der Waals surface area contributed by atoms with E-state index >= 15 is 0 Å². The highest BCUT2D eigenvalue weighted by Crippen LogP contribution is 2.36. The van der Waals surface area contributed by atoms with Crippen molar-refractivity contribution in [1.82, 2.24) is 0 Å². The van der Waals surface area contributed by atoms with Crippen LogP contribution >= 0.6 is 0 Å². The fourth-order valence-corrected chi connectivity index (χ4v) is 3.40. The average Bonchev–Trinajstić information content (AvgIpc) is 2.41. The summed E-state index contributed by atoms with van der Waals surface area (Å²) in [5.74, 6) is 0.0150. The van der Waals surface area contributed by atoms with E-state index in [9.17, 15) is 8.42 Å². The van der Waals surface area contributed by atoms with Crippen LogP contribution in [0.4, 0.5) is 0 Å². The summed E-state index contributed by atoms with van der Waals surface area (Å²) >= 11 is 0. The van der Waals surface area contributed by atoms with Gasteiger partial charge in [-0.2, -0.15) is 8.42 Å². The molecule has 0 N–H and O–H groups in total. The first kappa shape index (κ1) is 20.4. The topological polar surface area (TPSA) is 52.6 Å². The molecular formula is C17H30O4SSi. The zero-order valence-corrected chi connectivity index (χ0v) is 16.9. The van der Waals surface area contributed by atoms with E-state index < -0.39 is 18.4 Å². The summed E-state index contributed by atoms with van der Waals surface area (Å²) in [7, 11) is -5.30. The van der Waals surface area contributed by atoms with Crippen LogP contribution in [0.1, 0.15) is 26.3 Å². The Hall–Kier alpha value is -0.693. The van der Waals surface area contributed by atoms with Gasteiger partial charge in [0.25, 0.3) is 10.1 Å². The Bertz CT molecular complexity index is 576. The normalized spacial score (nSPS) is 14.7. The molecule has 0 aromatic heterocycles. The van der Waals surface area contributed by atoms with E-state index in [0.717, 1.165) is 18.2 Å². The SMILES string of the molecule is CC(C)(C)[Si](C)(C)OC[C@H](COS(C)(=O)=O)Cc1ccccc1. The molecule has 23 heavy (non-hydrogen) atoms. The predicted octanol–water partition coefficient (Wildman–Crippen LogP) is 3.84. The molecule has 0 aliphatic carbocycles. The van der Waals surface area contributed by atoms with Crippen molar-refractivity contribution in [3.05, 3.63) is 35.9 Å². The molecule has 0 spiro atoms. The molecule has 0 bridgehead atoms. The van der Waals surface area contributed by atoms with Gasteiger partial charge in [-0.1, -0.05) is 51.1 Å². The van der Waals surface area contributed by atoms with Gasteiger partial charge in [-0.25, -0.2) is 0 Å². The molecule has 0 heterocycles. The first-order valence-corrected chi connectivity index (χ1v) is 12.7. The monoisotopic (exact) mass is 358 g/mol. The molecule has 0 aliphatic rings. The van der Waals surface area contributed by atoms with E-state index in [0.29, 0.717) is 6.61 Å². The second-order valence-electron chi connectivity index (χ2n) is 7.62. The minimum atomic E-state index is -3.44. The molecule has 0 fully saturated rings. The van der Waals surface area contributed by atoms with Gasteiger partial charge in [0.1, 0.15) is 0 Å². The van der Waals surface area contributed by atoms with Gasteiger partial charge in [-0.15, -0.1) is 0 Å². The quantitative estimate of drug-likeness (QED) is 0.523. The lowest BCUT2D eigenvalue weighted by atomic mass is 10.0. The van der Waals surface area contributed by atoms with Crippen LogP contribution in [0.2, 0.25) is 18.1 Å². The third kappa shape index (κ3) is 7.61. The van der Waals surface area contributed by atoms with Gasteiger partial charge in [0.2, 0.25) is 0 Å². The lowest BCUT2D eigenvalue weighted by Gasteiger charge is -2.37. The molecule has 0 saturated carbocycles. The lowest BCUT2D eigenvalue weighted by Crippen LogP contribution is -2.42. The highest BCUT2D eigenvalue weighted by Gasteiger charge is 2.37. The van der Waals surface area contributed by atoms with E-state index in [-0.39, 0.29) is 17.6 Å². The maximum Gasteiger partial charge on any atom is 0.264 e. The van der Waals surface area contributed by atoms with Gasteiger partial charge < -0.3 is 4.43 Å². The first-order chi connectivity index (χ1) is 10.4. The minimum Gasteiger partial charge on any atom is -0.416 e. The van der Waals surface area contributed by atoms with E-state index in [2.05, 4.69) is 33.9 Å². The summed E-state index contributed by atoms with van der Waals surface area (Å²) in [6.45, 7) is 11.6. The van der Waals surface area contributed by atoms with E-state index in [1.54, 1.807) is 0 Å². The summed E-state index contributed by atoms with van der Waals surface area (Å²) in [6, 6.07) is 10.0. The third-order valence-electron chi connectivity index (χ3n) is 4.37. The molecular weight excluding hydrogens is 328 g/mol. The van der Waals surface area contributed by atoms with Crippen molar-refractivity contribution in [2.24, 2.45) is 5.92 Å². The van der Waals surface area contributed by atoms with Crippen molar-refractivity contribution in [2.75, 3.05) is 19.5 Å². The van der Waals surface area contributed by atoms with Crippen LogP contribution < -0.4 is 0 Å². The van der Waals surface area contributed by atoms with Crippen molar-refractivity contribution >= 4 is 18.4 Å². The first-order valence-electron chi connectivity index (χ1n) is 7.93. The van der Waals surface area contributed by atoms with Crippen LogP contribution in [-0.2, 0) is 25.1 Å². The molecule has 0 amide bonds. The molecule has 0 saturated heterocycles. The molecule has 4 nitrogen and oxygen atoms in total. The van der Waals surface area contributed by atoms with Crippen molar-refractivity contribution in [3.63, 3.8) is 0 Å². The molecule has 132 valence electrons. The zero-order chi connectivity index (χ0) is 17.7. The highest BCUT2D eigenvalue weighted by atomic mass is 32.2. The number of hydrogen-bond acceptors (Lipinski definition) is 4. The number of rotatable bonds is 8. The Balaban J connectivity index is 2.75. The molecule has 1 atom stereocenters. The Morgan fingerprint density at radius 3 is 2.13 bits per heavy atom. The maximum absolute atomic E-state index is 11.3. The maximum atomic E-state index is 11.3. The molecule has 0 aliphatic heterocycles. The summed E-state index contributed by atoms with van der Waals surface area (Å²) < 4.78 is 33.9. The summed E-state index contributed by atoms with van der Waals surface area (Å²) in [5.41, 5.74) is 1.16. The van der Waals surface area contributed by atoms with Crippen molar-refractivity contribution in [1.29, 1.82) is 0 Å². The summed E-state index contributed by atoms with van der Waals surface area (Å²) in [4.78, 5) is 0. The third-order valence-corrected chi connectivity index (χ3v) is 9.44. The Kier molecular flexibility index (Phi) is 7.01. The molecule has 1 aromatic carbocycles. The van der Waals surface area contributed by atoms with Crippen LogP contribution in [0.15, 0.2) is 30.3 Å². The van der Waals surface area contributed by atoms with Crippen LogP contribution in [0.3, 0.4) is 0 Å². The summed E-state index contributed by atoms with van der Waals surface area (Å²) in [6.07, 6.45) is 1.83. The molecule has 0 radical (unpaired) electrons. The van der Waals surface area contributed by atoms with Crippen LogP contribution in [-0.4, -0.2) is 36.2 Å². The van der Waals surface area contributed by atoms with Crippen molar-refractivity contribution < 1.29 is 17.0 Å². The Morgan fingerprint density at radius 2 is 1.65 bits per heavy atom. The smallest absolute Gasteiger partial charge is 0.264 e. The second kappa shape index (κ2) is 7.92. The number of benzene rings is 1. The molecule has 1 rings (SSSR count). The van der Waals surface area contributed by atoms with Crippen LogP contribution in [0.25, 0.3) is 0 Å². The van der Waals surface area contributed by atoms with Crippen molar-refractivity contribution in [3.8, 4) is 0 Å². The molecule has 0 unspecified atom stereocenters.